The molecule has 1 spiro atoms. The van der Waals surface area contributed by atoms with E-state index < -0.39 is 29.7 Å². The van der Waals surface area contributed by atoms with E-state index in [1.165, 1.54) is 6.20 Å². The number of nitrogens with zero attached hydrogens (tertiary/aromatic N) is 7. The first-order valence-electron chi connectivity index (χ1n) is 19.8. The molecule has 0 saturated carbocycles. The normalized spacial score (nSPS) is 20.5. The highest BCUT2D eigenvalue weighted by atomic mass is 35.5. The molecule has 4 aromatic rings. The van der Waals surface area contributed by atoms with Crippen LogP contribution in [-0.4, -0.2) is 101 Å². The van der Waals surface area contributed by atoms with Gasteiger partial charge in [-0.3, -0.25) is 39.1 Å². The number of carbonyl (C=O) groups excluding carboxylic acids is 5. The number of ether oxygens (including phenoxy) is 1. The Morgan fingerprint density at radius 1 is 0.847 bits per heavy atom. The smallest absolute Gasteiger partial charge is 0.275 e. The number of piperidine rings is 3. The number of rotatable bonds is 8. The number of likely N-dealkylation sites (tertiary alicyclic amines) is 1. The molecular formula is C43H40ClN9O6. The summed E-state index contributed by atoms with van der Waals surface area (Å²) in [5, 5.41) is 14.5. The second kappa shape index (κ2) is 15.4. The lowest BCUT2D eigenvalue weighted by Crippen LogP contribution is -2.64. The van der Waals surface area contributed by atoms with E-state index >= 15 is 0 Å². The molecular weight excluding hydrogens is 774 g/mol. The topological polar surface area (TPSA) is 181 Å². The van der Waals surface area contributed by atoms with E-state index in [9.17, 15) is 24.0 Å². The van der Waals surface area contributed by atoms with Gasteiger partial charge in [0.25, 0.3) is 17.7 Å². The van der Waals surface area contributed by atoms with Gasteiger partial charge in [0.05, 0.1) is 34.1 Å². The molecule has 0 radical (unpaired) electrons. The van der Waals surface area contributed by atoms with Crippen LogP contribution in [0, 0.1) is 16.7 Å². The number of halogens is 1. The summed E-state index contributed by atoms with van der Waals surface area (Å²) in [6.45, 7) is 5.55. The molecule has 0 aliphatic carbocycles. The van der Waals surface area contributed by atoms with Crippen molar-refractivity contribution in [3.05, 3.63) is 100 Å². The molecule has 3 aromatic carbocycles. The van der Waals surface area contributed by atoms with E-state index in [0.29, 0.717) is 44.9 Å². The summed E-state index contributed by atoms with van der Waals surface area (Å²) in [5.74, 6) is -0.559. The molecule has 2 N–H and O–H groups in total. The fourth-order valence-corrected chi connectivity index (χ4v) is 9.15. The predicted octanol–water partition coefficient (Wildman–Crippen LogP) is 5.02. The largest absolute Gasteiger partial charge is 0.457 e. The van der Waals surface area contributed by atoms with E-state index in [0.717, 1.165) is 81.4 Å². The van der Waals surface area contributed by atoms with Gasteiger partial charge in [0.15, 0.2) is 0 Å². The maximum Gasteiger partial charge on any atom is 0.275 e. The first kappa shape index (κ1) is 38.2. The molecule has 59 heavy (non-hydrogen) atoms. The molecule has 9 rings (SSSR count). The van der Waals surface area contributed by atoms with Crippen molar-refractivity contribution in [3.8, 4) is 17.6 Å². The minimum atomic E-state index is -0.975. The Morgan fingerprint density at radius 3 is 2.25 bits per heavy atom. The van der Waals surface area contributed by atoms with Crippen molar-refractivity contribution in [2.45, 2.75) is 50.6 Å². The number of imide groups is 2. The van der Waals surface area contributed by atoms with Crippen molar-refractivity contribution in [3.63, 3.8) is 0 Å². The third-order valence-corrected chi connectivity index (χ3v) is 12.6. The SMILES string of the molecule is N#Cc1ccc(Oc2ccc(NC(=O)c3cnc(N4CCC(N5CC6(CCN(c7ccc8c(c7)C(=O)N(C7CCC(=O)NC7=O)C8=O)CC6)C5)CC4)cn3)cc2)cc1Cl. The Kier molecular flexibility index (Phi) is 9.98. The molecule has 5 amide bonds. The van der Waals surface area contributed by atoms with Gasteiger partial charge in [-0.05, 0) is 92.1 Å². The van der Waals surface area contributed by atoms with Gasteiger partial charge in [-0.2, -0.15) is 5.26 Å². The van der Waals surface area contributed by atoms with E-state index in [2.05, 4.69) is 35.3 Å². The number of benzene rings is 3. The Hall–Kier alpha value is -6.37. The van der Waals surface area contributed by atoms with Gasteiger partial charge in [-0.15, -0.1) is 0 Å². The maximum atomic E-state index is 13.4. The summed E-state index contributed by atoms with van der Waals surface area (Å²) in [5.41, 5.74) is 2.93. The van der Waals surface area contributed by atoms with Crippen LogP contribution in [-0.2, 0) is 9.59 Å². The minimum absolute atomic E-state index is 0.0896. The Bertz CT molecular complexity index is 2400. The fraction of sp³-hybridized carbons (Fsp3) is 0.349. The molecule has 6 heterocycles. The molecule has 15 nitrogen and oxygen atoms in total. The number of amides is 5. The van der Waals surface area contributed by atoms with Crippen LogP contribution in [0.5, 0.6) is 11.5 Å². The second-order valence-electron chi connectivity index (χ2n) is 15.9. The Morgan fingerprint density at radius 2 is 1.58 bits per heavy atom. The standard InChI is InChI=1S/C43H40ClN9O6/c44-34-20-31(5-1-26(34)21-45)59-30-6-2-27(3-7-30)48-39(55)35-22-47-37(23-46-35)51-15-11-28(12-16-51)52-24-43(25-52)13-17-50(18-14-43)29-4-8-32-33(19-29)42(58)53(41(32)57)36-9-10-38(54)49-40(36)56/h1-8,19-20,22-23,28,36H,9-18,24-25H2,(H,48,55)(H,49,54,56). The van der Waals surface area contributed by atoms with Crippen LogP contribution in [0.2, 0.25) is 5.02 Å². The van der Waals surface area contributed by atoms with Crippen LogP contribution in [0.25, 0.3) is 0 Å². The lowest BCUT2D eigenvalue weighted by molar-refractivity contribution is -0.136. The van der Waals surface area contributed by atoms with Crippen molar-refractivity contribution >= 4 is 58.3 Å². The van der Waals surface area contributed by atoms with Crippen LogP contribution >= 0.6 is 11.6 Å². The number of fused-ring (bicyclic) bond motifs is 1. The minimum Gasteiger partial charge on any atom is -0.457 e. The number of anilines is 3. The van der Waals surface area contributed by atoms with Crippen molar-refractivity contribution in [2.75, 3.05) is 54.4 Å². The molecule has 16 heteroatoms. The Labute approximate surface area is 344 Å². The average Bonchev–Trinajstić information content (AvgIpc) is 3.48. The number of nitrogens with one attached hydrogen (secondary N) is 2. The summed E-state index contributed by atoms with van der Waals surface area (Å²) in [7, 11) is 0. The van der Waals surface area contributed by atoms with Crippen molar-refractivity contribution < 1.29 is 28.7 Å². The molecule has 5 aliphatic heterocycles. The van der Waals surface area contributed by atoms with Crippen LogP contribution < -0.4 is 25.2 Å². The van der Waals surface area contributed by atoms with Crippen molar-refractivity contribution in [1.82, 2.24) is 25.1 Å². The lowest BCUT2D eigenvalue weighted by atomic mass is 9.70. The zero-order valence-electron chi connectivity index (χ0n) is 32.0. The number of carbonyl (C=O) groups is 5. The molecule has 4 fully saturated rings. The third-order valence-electron chi connectivity index (χ3n) is 12.3. The van der Waals surface area contributed by atoms with Crippen molar-refractivity contribution in [2.24, 2.45) is 5.41 Å². The number of hydrogen-bond donors (Lipinski definition) is 2. The molecule has 1 unspecified atom stereocenters. The Balaban J connectivity index is 0.719. The van der Waals surface area contributed by atoms with Crippen LogP contribution in [0.3, 0.4) is 0 Å². The molecule has 1 aromatic heterocycles. The maximum absolute atomic E-state index is 13.4. The fourth-order valence-electron chi connectivity index (χ4n) is 8.93. The van der Waals surface area contributed by atoms with Crippen LogP contribution in [0.1, 0.15) is 75.3 Å². The van der Waals surface area contributed by atoms with E-state index in [1.807, 2.05) is 12.1 Å². The quantitative estimate of drug-likeness (QED) is 0.227. The molecule has 0 bridgehead atoms. The molecule has 5 aliphatic rings. The summed E-state index contributed by atoms with van der Waals surface area (Å²) in [6, 6.07) is 18.6. The van der Waals surface area contributed by atoms with Crippen LogP contribution in [0.4, 0.5) is 17.2 Å². The van der Waals surface area contributed by atoms with Crippen LogP contribution in [0.15, 0.2) is 73.1 Å². The molecule has 300 valence electrons. The molecule has 1 atom stereocenters. The van der Waals surface area contributed by atoms with Gasteiger partial charge in [-0.1, -0.05) is 11.6 Å². The van der Waals surface area contributed by atoms with Gasteiger partial charge in [-0.25, -0.2) is 9.97 Å². The van der Waals surface area contributed by atoms with Crippen molar-refractivity contribution in [1.29, 1.82) is 5.26 Å². The highest BCUT2D eigenvalue weighted by molar-refractivity contribution is 6.31. The van der Waals surface area contributed by atoms with Gasteiger partial charge in [0, 0.05) is 69.2 Å². The monoisotopic (exact) mass is 813 g/mol. The van der Waals surface area contributed by atoms with E-state index in [1.54, 1.807) is 60.8 Å². The summed E-state index contributed by atoms with van der Waals surface area (Å²) < 4.78 is 5.81. The van der Waals surface area contributed by atoms with Gasteiger partial charge in [0.1, 0.15) is 35.1 Å². The summed E-state index contributed by atoms with van der Waals surface area (Å²) in [6.07, 6.45) is 7.50. The lowest BCUT2D eigenvalue weighted by Gasteiger charge is -2.57. The highest BCUT2D eigenvalue weighted by Gasteiger charge is 2.48. The van der Waals surface area contributed by atoms with Gasteiger partial charge < -0.3 is 19.9 Å². The zero-order valence-corrected chi connectivity index (χ0v) is 32.8. The first-order valence-corrected chi connectivity index (χ1v) is 20.1. The van der Waals surface area contributed by atoms with E-state index in [-0.39, 0.29) is 29.9 Å². The predicted molar refractivity (Wildman–Crippen MR) is 216 cm³/mol. The van der Waals surface area contributed by atoms with E-state index in [4.69, 9.17) is 21.6 Å². The zero-order chi connectivity index (χ0) is 40.8. The summed E-state index contributed by atoms with van der Waals surface area (Å²) >= 11 is 6.10. The number of aromatic nitrogens is 2. The second-order valence-corrected chi connectivity index (χ2v) is 16.3. The first-order chi connectivity index (χ1) is 28.6. The van der Waals surface area contributed by atoms with Gasteiger partial charge >= 0.3 is 0 Å². The number of hydrogen-bond acceptors (Lipinski definition) is 12. The summed E-state index contributed by atoms with van der Waals surface area (Å²) in [4.78, 5) is 80.6. The average molecular weight is 814 g/mol. The third kappa shape index (κ3) is 7.45. The molecule has 4 saturated heterocycles. The highest BCUT2D eigenvalue weighted by Crippen LogP contribution is 2.44. The van der Waals surface area contributed by atoms with Gasteiger partial charge in [0.2, 0.25) is 11.8 Å². The number of nitriles is 1.